The Hall–Kier alpha value is -1.23. The van der Waals surface area contributed by atoms with Crippen molar-refractivity contribution < 1.29 is 13.9 Å². The van der Waals surface area contributed by atoms with Gasteiger partial charge in [0, 0.05) is 0 Å². The van der Waals surface area contributed by atoms with Crippen molar-refractivity contribution in [2.75, 3.05) is 24.6 Å². The lowest BCUT2D eigenvalue weighted by atomic mass is 10.1. The number of halogens is 1. The van der Waals surface area contributed by atoms with E-state index in [2.05, 4.69) is 0 Å². The Balaban J connectivity index is 1.35. The Morgan fingerprint density at radius 2 is 2.00 bits per heavy atom. The van der Waals surface area contributed by atoms with E-state index in [-0.39, 0.29) is 17.8 Å². The summed E-state index contributed by atoms with van der Waals surface area (Å²) < 4.78 is 18.4. The molecule has 1 aliphatic carbocycles. The largest absolute Gasteiger partial charge is 0.487 e. The number of hydrogen-bond acceptors (Lipinski definition) is 3. The molecular formula is C15H18FNO2S. The highest BCUT2D eigenvalue weighted by Crippen LogP contribution is 2.32. The number of nitrogens with zero attached hydrogens (tertiary/aromatic N) is 1. The first-order valence-corrected chi connectivity index (χ1v) is 8.14. The van der Waals surface area contributed by atoms with Crippen molar-refractivity contribution in [2.45, 2.75) is 18.9 Å². The van der Waals surface area contributed by atoms with E-state index >= 15 is 0 Å². The topological polar surface area (TPSA) is 29.5 Å². The Kier molecular flexibility index (Phi) is 4.15. The van der Waals surface area contributed by atoms with E-state index in [0.717, 1.165) is 11.7 Å². The van der Waals surface area contributed by atoms with Gasteiger partial charge in [0.05, 0.1) is 18.8 Å². The minimum Gasteiger partial charge on any atom is -0.487 e. The molecule has 0 radical (unpaired) electrons. The van der Waals surface area contributed by atoms with Gasteiger partial charge < -0.3 is 9.64 Å². The van der Waals surface area contributed by atoms with Crippen molar-refractivity contribution in [2.24, 2.45) is 5.92 Å². The third-order valence-electron chi connectivity index (χ3n) is 3.59. The summed E-state index contributed by atoms with van der Waals surface area (Å²) in [4.78, 5) is 13.7. The highest BCUT2D eigenvalue weighted by Gasteiger charge is 2.32. The molecule has 0 bridgehead atoms. The van der Waals surface area contributed by atoms with Gasteiger partial charge in [0.15, 0.2) is 0 Å². The van der Waals surface area contributed by atoms with E-state index in [1.165, 1.54) is 25.0 Å². The number of amides is 1. The molecule has 2 fully saturated rings. The van der Waals surface area contributed by atoms with Crippen molar-refractivity contribution in [3.05, 3.63) is 30.1 Å². The fraction of sp³-hybridized carbons (Fsp3) is 0.533. The van der Waals surface area contributed by atoms with Gasteiger partial charge in [-0.15, -0.1) is 0 Å². The minimum atomic E-state index is -0.268. The Bertz CT molecular complexity index is 469. The zero-order valence-electron chi connectivity index (χ0n) is 11.3. The standard InChI is InChI=1S/C15H18FNO2S/c16-12-3-5-13(6-4-12)19-14-7-17(8-14)15(18)10-20-9-11-1-2-11/h3-6,11,14H,1-2,7-10H2. The summed E-state index contributed by atoms with van der Waals surface area (Å²) in [6, 6.07) is 5.99. The van der Waals surface area contributed by atoms with Crippen LogP contribution in [0.15, 0.2) is 24.3 Å². The SMILES string of the molecule is O=C(CSCC1CC1)N1CC(Oc2ccc(F)cc2)C1. The van der Waals surface area contributed by atoms with Crippen LogP contribution in [0.4, 0.5) is 4.39 Å². The number of hydrogen-bond donors (Lipinski definition) is 0. The van der Waals surface area contributed by atoms with Crippen LogP contribution >= 0.6 is 11.8 Å². The van der Waals surface area contributed by atoms with Crippen molar-refractivity contribution in [3.63, 3.8) is 0 Å². The molecule has 0 spiro atoms. The van der Waals surface area contributed by atoms with E-state index < -0.39 is 0 Å². The molecule has 0 unspecified atom stereocenters. The molecule has 1 heterocycles. The van der Waals surface area contributed by atoms with Gasteiger partial charge >= 0.3 is 0 Å². The summed E-state index contributed by atoms with van der Waals surface area (Å²) in [5.74, 6) is 3.16. The number of rotatable bonds is 6. The van der Waals surface area contributed by atoms with E-state index in [1.807, 2.05) is 4.90 Å². The first kappa shape index (κ1) is 13.7. The highest BCUT2D eigenvalue weighted by molar-refractivity contribution is 7.99. The molecule has 1 saturated heterocycles. The average Bonchev–Trinajstić information content (AvgIpc) is 3.19. The van der Waals surface area contributed by atoms with Gasteiger partial charge in [-0.25, -0.2) is 4.39 Å². The maximum Gasteiger partial charge on any atom is 0.232 e. The quantitative estimate of drug-likeness (QED) is 0.808. The smallest absolute Gasteiger partial charge is 0.232 e. The number of likely N-dealkylation sites (tertiary alicyclic amines) is 1. The van der Waals surface area contributed by atoms with Crippen LogP contribution in [-0.2, 0) is 4.79 Å². The highest BCUT2D eigenvalue weighted by atomic mass is 32.2. The van der Waals surface area contributed by atoms with Crippen molar-refractivity contribution in [1.82, 2.24) is 4.90 Å². The predicted octanol–water partition coefficient (Wildman–Crippen LogP) is 2.56. The molecule has 1 amide bonds. The molecule has 0 aromatic heterocycles. The molecule has 1 aliphatic heterocycles. The number of carbonyl (C=O) groups is 1. The Morgan fingerprint density at radius 1 is 1.30 bits per heavy atom. The van der Waals surface area contributed by atoms with Crippen molar-refractivity contribution >= 4 is 17.7 Å². The molecule has 0 atom stereocenters. The van der Waals surface area contributed by atoms with E-state index in [1.54, 1.807) is 23.9 Å². The van der Waals surface area contributed by atoms with Gasteiger partial charge in [-0.05, 0) is 48.8 Å². The molecule has 0 N–H and O–H groups in total. The van der Waals surface area contributed by atoms with E-state index in [9.17, 15) is 9.18 Å². The first-order valence-electron chi connectivity index (χ1n) is 6.98. The number of benzene rings is 1. The molecule has 20 heavy (non-hydrogen) atoms. The predicted molar refractivity (Wildman–Crippen MR) is 77.4 cm³/mol. The van der Waals surface area contributed by atoms with Crippen molar-refractivity contribution in [1.29, 1.82) is 0 Å². The van der Waals surface area contributed by atoms with Crippen LogP contribution in [0, 0.1) is 11.7 Å². The Labute approximate surface area is 122 Å². The molecule has 1 aromatic rings. The second kappa shape index (κ2) is 6.04. The first-order chi connectivity index (χ1) is 9.70. The van der Waals surface area contributed by atoms with Crippen LogP contribution in [-0.4, -0.2) is 41.5 Å². The Morgan fingerprint density at radius 3 is 2.65 bits per heavy atom. The van der Waals surface area contributed by atoms with Gasteiger partial charge in [-0.1, -0.05) is 0 Å². The third-order valence-corrected chi connectivity index (χ3v) is 4.75. The summed E-state index contributed by atoms with van der Waals surface area (Å²) >= 11 is 1.74. The van der Waals surface area contributed by atoms with Gasteiger partial charge in [0.1, 0.15) is 17.7 Å². The van der Waals surface area contributed by atoms with Gasteiger partial charge in [-0.2, -0.15) is 11.8 Å². The molecule has 108 valence electrons. The molecule has 3 rings (SSSR count). The maximum atomic E-state index is 12.8. The van der Waals surface area contributed by atoms with Crippen LogP contribution in [0.1, 0.15) is 12.8 Å². The summed E-state index contributed by atoms with van der Waals surface area (Å²) in [5.41, 5.74) is 0. The minimum absolute atomic E-state index is 0.0397. The van der Waals surface area contributed by atoms with Gasteiger partial charge in [0.2, 0.25) is 5.91 Å². The van der Waals surface area contributed by atoms with Gasteiger partial charge in [-0.3, -0.25) is 4.79 Å². The third kappa shape index (κ3) is 3.66. The van der Waals surface area contributed by atoms with E-state index in [0.29, 0.717) is 24.6 Å². The zero-order chi connectivity index (χ0) is 13.9. The van der Waals surface area contributed by atoms with Crippen LogP contribution in [0.5, 0.6) is 5.75 Å². The molecule has 1 saturated carbocycles. The number of carbonyl (C=O) groups excluding carboxylic acids is 1. The number of thioether (sulfide) groups is 1. The second-order valence-electron chi connectivity index (χ2n) is 5.45. The average molecular weight is 295 g/mol. The fourth-order valence-corrected chi connectivity index (χ4v) is 3.25. The summed E-state index contributed by atoms with van der Waals surface area (Å²) in [5, 5.41) is 0. The van der Waals surface area contributed by atoms with Crippen LogP contribution in [0.2, 0.25) is 0 Å². The lowest BCUT2D eigenvalue weighted by Gasteiger charge is -2.39. The summed E-state index contributed by atoms with van der Waals surface area (Å²) in [6.07, 6.45) is 2.70. The molecule has 3 nitrogen and oxygen atoms in total. The normalized spacial score (nSPS) is 18.8. The van der Waals surface area contributed by atoms with Crippen LogP contribution < -0.4 is 4.74 Å². The fourth-order valence-electron chi connectivity index (χ4n) is 2.11. The molecule has 2 aliphatic rings. The van der Waals surface area contributed by atoms with Gasteiger partial charge in [0.25, 0.3) is 0 Å². The monoisotopic (exact) mass is 295 g/mol. The summed E-state index contributed by atoms with van der Waals surface area (Å²) in [7, 11) is 0. The molecular weight excluding hydrogens is 277 g/mol. The van der Waals surface area contributed by atoms with Crippen molar-refractivity contribution in [3.8, 4) is 5.75 Å². The van der Waals surface area contributed by atoms with E-state index in [4.69, 9.17) is 4.74 Å². The summed E-state index contributed by atoms with van der Waals surface area (Å²) in [6.45, 7) is 1.28. The second-order valence-corrected chi connectivity index (χ2v) is 6.48. The van der Waals surface area contributed by atoms with Crippen LogP contribution in [0.3, 0.4) is 0 Å². The molecule has 1 aromatic carbocycles. The molecule has 5 heteroatoms. The zero-order valence-corrected chi connectivity index (χ0v) is 12.1. The lowest BCUT2D eigenvalue weighted by Crippen LogP contribution is -2.56. The van der Waals surface area contributed by atoms with Crippen LogP contribution in [0.25, 0.3) is 0 Å². The lowest BCUT2D eigenvalue weighted by molar-refractivity contribution is -0.136. The maximum absolute atomic E-state index is 12.8. The number of ether oxygens (including phenoxy) is 1.